The van der Waals surface area contributed by atoms with Crippen molar-refractivity contribution in [2.45, 2.75) is 26.2 Å². The van der Waals surface area contributed by atoms with Crippen molar-refractivity contribution >= 4 is 17.7 Å². The van der Waals surface area contributed by atoms with Gasteiger partial charge in [-0.3, -0.25) is 4.79 Å². The summed E-state index contributed by atoms with van der Waals surface area (Å²) in [5, 5.41) is 20.4. The van der Waals surface area contributed by atoms with E-state index in [-0.39, 0.29) is 44.1 Å². The van der Waals surface area contributed by atoms with Gasteiger partial charge in [-0.15, -0.1) is 0 Å². The van der Waals surface area contributed by atoms with E-state index in [1.807, 2.05) is 0 Å². The molecule has 0 aromatic rings. The molecule has 0 N–H and O–H groups in total. The molecule has 0 aromatic heterocycles. The quantitative estimate of drug-likeness (QED) is 0.313. The van der Waals surface area contributed by atoms with E-state index in [0.717, 1.165) is 0 Å². The zero-order valence-electron chi connectivity index (χ0n) is 9.24. The predicted octanol–water partition coefficient (Wildman–Crippen LogP) is -8.13. The SMILES string of the molecule is CCCC(CC(=O)C(=O)[O-])C(=O)[O-].[Li+].[Li+]. The predicted molar refractivity (Wildman–Crippen MR) is 38.0 cm³/mol. The van der Waals surface area contributed by atoms with Gasteiger partial charge in [-0.25, -0.2) is 0 Å². The van der Waals surface area contributed by atoms with Gasteiger partial charge >= 0.3 is 37.7 Å². The van der Waals surface area contributed by atoms with E-state index in [9.17, 15) is 24.6 Å². The maximum absolute atomic E-state index is 10.6. The Morgan fingerprint density at radius 2 is 1.60 bits per heavy atom. The molecule has 15 heavy (non-hydrogen) atoms. The first kappa shape index (κ1) is 20.2. The van der Waals surface area contributed by atoms with E-state index >= 15 is 0 Å². The number of hydrogen-bond acceptors (Lipinski definition) is 5. The van der Waals surface area contributed by atoms with Gasteiger partial charge < -0.3 is 19.8 Å². The Labute approximate surface area is 112 Å². The van der Waals surface area contributed by atoms with E-state index in [1.165, 1.54) is 0 Å². The molecule has 0 spiro atoms. The number of carboxylic acid groups (broad SMARTS) is 2. The fraction of sp³-hybridized carbons (Fsp3) is 0.625. The summed E-state index contributed by atoms with van der Waals surface area (Å²) in [6, 6.07) is 0. The van der Waals surface area contributed by atoms with Crippen LogP contribution in [0.25, 0.3) is 0 Å². The van der Waals surface area contributed by atoms with Gasteiger partial charge in [0.25, 0.3) is 0 Å². The number of ketones is 1. The van der Waals surface area contributed by atoms with Gasteiger partial charge in [-0.1, -0.05) is 13.3 Å². The topological polar surface area (TPSA) is 97.3 Å². The number of aliphatic carboxylic acids is 2. The van der Waals surface area contributed by atoms with Gasteiger partial charge in [-0.2, -0.15) is 0 Å². The minimum absolute atomic E-state index is 0. The van der Waals surface area contributed by atoms with Crippen molar-refractivity contribution in [1.82, 2.24) is 0 Å². The van der Waals surface area contributed by atoms with Gasteiger partial charge in [-0.05, 0) is 6.42 Å². The van der Waals surface area contributed by atoms with Crippen LogP contribution in [0, 0.1) is 5.92 Å². The van der Waals surface area contributed by atoms with E-state index in [0.29, 0.717) is 6.42 Å². The first-order valence-corrected chi connectivity index (χ1v) is 3.94. The molecule has 1 unspecified atom stereocenters. The zero-order chi connectivity index (χ0) is 10.4. The Morgan fingerprint density at radius 1 is 1.13 bits per heavy atom. The number of hydrogen-bond donors (Lipinski definition) is 0. The first-order chi connectivity index (χ1) is 5.99. The van der Waals surface area contributed by atoms with E-state index < -0.39 is 30.1 Å². The third-order valence-corrected chi connectivity index (χ3v) is 1.63. The molecule has 1 atom stereocenters. The summed E-state index contributed by atoms with van der Waals surface area (Å²) in [4.78, 5) is 30.9. The van der Waals surface area contributed by atoms with Crippen LogP contribution in [0.3, 0.4) is 0 Å². The third-order valence-electron chi connectivity index (χ3n) is 1.63. The Bertz CT molecular complexity index is 229. The maximum atomic E-state index is 10.6. The summed E-state index contributed by atoms with van der Waals surface area (Å²) in [6.07, 6.45) is 0.249. The molecule has 0 saturated heterocycles. The molecule has 0 saturated carbocycles. The minimum Gasteiger partial charge on any atom is -0.550 e. The van der Waals surface area contributed by atoms with Crippen molar-refractivity contribution in [2.75, 3.05) is 0 Å². The second kappa shape index (κ2) is 10.3. The van der Waals surface area contributed by atoms with Crippen molar-refractivity contribution in [3.63, 3.8) is 0 Å². The molecule has 0 bridgehead atoms. The van der Waals surface area contributed by atoms with E-state index in [1.54, 1.807) is 6.92 Å². The van der Waals surface area contributed by atoms with E-state index in [4.69, 9.17) is 0 Å². The van der Waals surface area contributed by atoms with Crippen LogP contribution in [0.2, 0.25) is 0 Å². The molecule has 7 heteroatoms. The molecule has 0 aliphatic rings. The van der Waals surface area contributed by atoms with Crippen LogP contribution in [-0.4, -0.2) is 17.7 Å². The van der Waals surface area contributed by atoms with Gasteiger partial charge in [0.15, 0.2) is 5.78 Å². The second-order valence-electron chi connectivity index (χ2n) is 2.72. The molecule has 5 nitrogen and oxygen atoms in total. The molecule has 0 aliphatic heterocycles. The summed E-state index contributed by atoms with van der Waals surface area (Å²) < 4.78 is 0. The summed E-state index contributed by atoms with van der Waals surface area (Å²) in [7, 11) is 0. The summed E-state index contributed by atoms with van der Waals surface area (Å²) in [6.45, 7) is 1.74. The minimum atomic E-state index is -1.85. The fourth-order valence-corrected chi connectivity index (χ4v) is 0.959. The normalized spacial score (nSPS) is 10.5. The molecule has 0 radical (unpaired) electrons. The molecule has 0 aromatic carbocycles. The molecule has 74 valence electrons. The average molecular weight is 200 g/mol. The Kier molecular flexibility index (Phi) is 13.9. The number of carboxylic acids is 2. The van der Waals surface area contributed by atoms with Crippen LogP contribution < -0.4 is 47.9 Å². The van der Waals surface area contributed by atoms with Crippen molar-refractivity contribution in [3.8, 4) is 0 Å². The van der Waals surface area contributed by atoms with Crippen LogP contribution in [0.1, 0.15) is 26.2 Å². The van der Waals surface area contributed by atoms with Crippen LogP contribution in [0.15, 0.2) is 0 Å². The smallest absolute Gasteiger partial charge is 0.550 e. The van der Waals surface area contributed by atoms with Crippen molar-refractivity contribution in [1.29, 1.82) is 0 Å². The van der Waals surface area contributed by atoms with Crippen molar-refractivity contribution in [2.24, 2.45) is 5.92 Å². The second-order valence-corrected chi connectivity index (χ2v) is 2.72. The summed E-state index contributed by atoms with van der Waals surface area (Å²) >= 11 is 0. The number of carbonyl (C=O) groups is 3. The largest absolute Gasteiger partial charge is 1.00 e. The van der Waals surface area contributed by atoms with Gasteiger partial charge in [0.1, 0.15) is 5.97 Å². The first-order valence-electron chi connectivity index (χ1n) is 3.94. The number of rotatable bonds is 6. The van der Waals surface area contributed by atoms with Crippen LogP contribution in [0.5, 0.6) is 0 Å². The van der Waals surface area contributed by atoms with Crippen LogP contribution in [0.4, 0.5) is 0 Å². The fourth-order valence-electron chi connectivity index (χ4n) is 0.959. The number of Topliss-reactive ketones (excluding diaryl/α,β-unsaturated/α-hetero) is 1. The van der Waals surface area contributed by atoms with Crippen LogP contribution in [-0.2, 0) is 14.4 Å². The standard InChI is InChI=1S/C8H12O5.2Li/c1-2-3-5(7(10)11)4-6(9)8(12)13;;/h5H,2-4H2,1H3,(H,10,11)(H,12,13);;/q;2*+1/p-2. The molecular formula is C8H10Li2O5. The van der Waals surface area contributed by atoms with E-state index in [2.05, 4.69) is 0 Å². The third kappa shape index (κ3) is 8.78. The Morgan fingerprint density at radius 3 is 1.87 bits per heavy atom. The molecule has 0 rings (SSSR count). The van der Waals surface area contributed by atoms with Crippen molar-refractivity contribution in [3.05, 3.63) is 0 Å². The van der Waals surface area contributed by atoms with Gasteiger partial charge in [0.05, 0.1) is 0 Å². The Hall–Kier alpha value is -0.195. The molecule has 0 aliphatic carbocycles. The average Bonchev–Trinajstić information content (AvgIpc) is 2.03. The molecule has 0 heterocycles. The van der Waals surface area contributed by atoms with Crippen molar-refractivity contribution < 1.29 is 62.3 Å². The van der Waals surface area contributed by atoms with Gasteiger partial charge in [0, 0.05) is 18.3 Å². The maximum Gasteiger partial charge on any atom is 1.00 e. The summed E-state index contributed by atoms with van der Waals surface area (Å²) in [5.41, 5.74) is 0. The zero-order valence-corrected chi connectivity index (χ0v) is 9.24. The molecule has 0 amide bonds. The van der Waals surface area contributed by atoms with Gasteiger partial charge in [0.2, 0.25) is 0 Å². The van der Waals surface area contributed by atoms with Crippen LogP contribution >= 0.6 is 0 Å². The monoisotopic (exact) mass is 200 g/mol. The summed E-state index contributed by atoms with van der Waals surface area (Å²) in [5.74, 6) is -5.45. The molecule has 0 fully saturated rings. The number of carbonyl (C=O) groups excluding carboxylic acids is 3. The Balaban J connectivity index is -0.000000720. The molecular weight excluding hydrogens is 190 g/mol.